The third-order valence-corrected chi connectivity index (χ3v) is 3.99. The molecule has 2 aliphatic heterocycles. The van der Waals surface area contributed by atoms with Crippen LogP contribution < -0.4 is 14.2 Å². The average molecular weight is 290 g/mol. The molecule has 0 N–H and O–H groups in total. The Bertz CT molecular complexity index is 548. The smallest absolute Gasteiger partial charge is 0.231 e. The highest BCUT2D eigenvalue weighted by Gasteiger charge is 2.46. The van der Waals surface area contributed by atoms with E-state index in [-0.39, 0.29) is 12.4 Å². The molecule has 1 aromatic rings. The molecule has 0 unspecified atom stereocenters. The van der Waals surface area contributed by atoms with Gasteiger partial charge in [0, 0.05) is 6.07 Å². The Labute approximate surface area is 125 Å². The van der Waals surface area contributed by atoms with Gasteiger partial charge in [-0.15, -0.1) is 0 Å². The zero-order chi connectivity index (χ0) is 14.9. The number of epoxide rings is 1. The van der Waals surface area contributed by atoms with Gasteiger partial charge in [-0.3, -0.25) is 0 Å². The third kappa shape index (κ3) is 3.50. The van der Waals surface area contributed by atoms with Crippen LogP contribution in [0.4, 0.5) is 0 Å². The van der Waals surface area contributed by atoms with Gasteiger partial charge in [-0.1, -0.05) is 5.57 Å². The van der Waals surface area contributed by atoms with Gasteiger partial charge < -0.3 is 18.9 Å². The number of allylic oxidation sites excluding steroid dienone is 1. The SMILES string of the molecule is C/C(=C\COc1ccc2c(c1)OCO2)CC[C@H]1OC1(C)C. The number of benzene rings is 1. The minimum Gasteiger partial charge on any atom is -0.489 e. The highest BCUT2D eigenvalue weighted by molar-refractivity contribution is 5.46. The molecule has 0 aliphatic carbocycles. The van der Waals surface area contributed by atoms with E-state index in [2.05, 4.69) is 26.8 Å². The lowest BCUT2D eigenvalue weighted by Gasteiger charge is -2.05. The minimum absolute atomic E-state index is 0.0866. The standard InChI is InChI=1S/C17H22O4/c1-12(4-7-16-17(2,3)21-16)8-9-18-13-5-6-14-15(10-13)20-11-19-14/h5-6,8,10,16H,4,7,9,11H2,1-3H3/b12-8+/t16-/m1/s1. The maximum Gasteiger partial charge on any atom is 0.231 e. The van der Waals surface area contributed by atoms with Crippen molar-refractivity contribution in [1.29, 1.82) is 0 Å². The first-order valence-corrected chi connectivity index (χ1v) is 7.40. The summed E-state index contributed by atoms with van der Waals surface area (Å²) >= 11 is 0. The van der Waals surface area contributed by atoms with E-state index in [0.717, 1.165) is 30.1 Å². The van der Waals surface area contributed by atoms with Crippen LogP contribution >= 0.6 is 0 Å². The molecule has 1 saturated heterocycles. The summed E-state index contributed by atoms with van der Waals surface area (Å²) in [6.45, 7) is 7.27. The van der Waals surface area contributed by atoms with E-state index in [1.165, 1.54) is 5.57 Å². The Morgan fingerprint density at radius 3 is 2.86 bits per heavy atom. The molecule has 4 heteroatoms. The van der Waals surface area contributed by atoms with Crippen LogP contribution in [0, 0.1) is 0 Å². The van der Waals surface area contributed by atoms with Gasteiger partial charge in [0.1, 0.15) is 12.4 Å². The zero-order valence-corrected chi connectivity index (χ0v) is 12.8. The summed E-state index contributed by atoms with van der Waals surface area (Å²) in [5.41, 5.74) is 1.42. The molecule has 0 spiro atoms. The molecule has 1 aromatic carbocycles. The predicted octanol–water partition coefficient (Wildman–Crippen LogP) is 3.70. The summed E-state index contributed by atoms with van der Waals surface area (Å²) in [6, 6.07) is 5.64. The fraction of sp³-hybridized carbons (Fsp3) is 0.529. The molecule has 0 radical (unpaired) electrons. The van der Waals surface area contributed by atoms with E-state index in [4.69, 9.17) is 18.9 Å². The van der Waals surface area contributed by atoms with E-state index in [1.807, 2.05) is 18.2 Å². The van der Waals surface area contributed by atoms with Crippen molar-refractivity contribution in [2.45, 2.75) is 45.3 Å². The van der Waals surface area contributed by atoms with Crippen LogP contribution in [0.1, 0.15) is 33.6 Å². The maximum atomic E-state index is 5.72. The first-order chi connectivity index (χ1) is 10.0. The molecule has 0 bridgehead atoms. The van der Waals surface area contributed by atoms with Gasteiger partial charge in [-0.25, -0.2) is 0 Å². The lowest BCUT2D eigenvalue weighted by atomic mass is 10.0. The Morgan fingerprint density at radius 1 is 1.33 bits per heavy atom. The first-order valence-electron chi connectivity index (χ1n) is 7.40. The van der Waals surface area contributed by atoms with Crippen molar-refractivity contribution in [2.24, 2.45) is 0 Å². The van der Waals surface area contributed by atoms with Gasteiger partial charge in [0.15, 0.2) is 11.5 Å². The second kappa shape index (κ2) is 5.60. The zero-order valence-electron chi connectivity index (χ0n) is 12.8. The van der Waals surface area contributed by atoms with Crippen LogP contribution in [0.25, 0.3) is 0 Å². The minimum atomic E-state index is 0.0866. The summed E-state index contributed by atoms with van der Waals surface area (Å²) in [4.78, 5) is 0. The molecule has 2 aliphatic rings. The third-order valence-electron chi connectivity index (χ3n) is 3.99. The van der Waals surface area contributed by atoms with Gasteiger partial charge in [-0.2, -0.15) is 0 Å². The molecular weight excluding hydrogens is 268 g/mol. The Balaban J connectivity index is 1.43. The van der Waals surface area contributed by atoms with Gasteiger partial charge in [-0.05, 0) is 51.8 Å². The molecule has 21 heavy (non-hydrogen) atoms. The normalized spacial score (nSPS) is 22.2. The molecule has 114 valence electrons. The number of hydrogen-bond acceptors (Lipinski definition) is 4. The lowest BCUT2D eigenvalue weighted by molar-refractivity contribution is 0.174. The molecule has 2 heterocycles. The van der Waals surface area contributed by atoms with Crippen molar-refractivity contribution in [3.63, 3.8) is 0 Å². The highest BCUT2D eigenvalue weighted by atomic mass is 16.7. The monoisotopic (exact) mass is 290 g/mol. The van der Waals surface area contributed by atoms with E-state index in [9.17, 15) is 0 Å². The van der Waals surface area contributed by atoms with E-state index < -0.39 is 0 Å². The Hall–Kier alpha value is -1.68. The van der Waals surface area contributed by atoms with E-state index in [1.54, 1.807) is 0 Å². The molecule has 3 rings (SSSR count). The number of ether oxygens (including phenoxy) is 4. The predicted molar refractivity (Wildman–Crippen MR) is 80.0 cm³/mol. The Morgan fingerprint density at radius 2 is 2.10 bits per heavy atom. The second-order valence-corrected chi connectivity index (χ2v) is 6.13. The summed E-state index contributed by atoms with van der Waals surface area (Å²) in [7, 11) is 0. The summed E-state index contributed by atoms with van der Waals surface area (Å²) in [5.74, 6) is 2.33. The molecule has 0 aromatic heterocycles. The molecule has 0 saturated carbocycles. The van der Waals surface area contributed by atoms with Crippen LogP contribution in [0.2, 0.25) is 0 Å². The topological polar surface area (TPSA) is 40.2 Å². The van der Waals surface area contributed by atoms with Gasteiger partial charge in [0.2, 0.25) is 6.79 Å². The van der Waals surface area contributed by atoms with Crippen molar-refractivity contribution in [3.05, 3.63) is 29.8 Å². The molecule has 1 atom stereocenters. The van der Waals surface area contributed by atoms with Crippen LogP contribution in [-0.4, -0.2) is 25.1 Å². The number of rotatable bonds is 6. The van der Waals surface area contributed by atoms with Crippen molar-refractivity contribution in [2.75, 3.05) is 13.4 Å². The quantitative estimate of drug-likeness (QED) is 0.591. The molecule has 0 amide bonds. The largest absolute Gasteiger partial charge is 0.489 e. The summed E-state index contributed by atoms with van der Waals surface area (Å²) in [5, 5.41) is 0. The van der Waals surface area contributed by atoms with Crippen LogP contribution in [0.3, 0.4) is 0 Å². The van der Waals surface area contributed by atoms with Gasteiger partial charge in [0.05, 0.1) is 11.7 Å². The van der Waals surface area contributed by atoms with Crippen molar-refractivity contribution < 1.29 is 18.9 Å². The molecule has 1 fully saturated rings. The van der Waals surface area contributed by atoms with Gasteiger partial charge >= 0.3 is 0 Å². The number of fused-ring (bicyclic) bond motifs is 1. The van der Waals surface area contributed by atoms with Crippen molar-refractivity contribution in [1.82, 2.24) is 0 Å². The maximum absolute atomic E-state index is 5.72. The summed E-state index contributed by atoms with van der Waals surface area (Å²) in [6.07, 6.45) is 4.67. The number of hydrogen-bond donors (Lipinski definition) is 0. The fourth-order valence-electron chi connectivity index (χ4n) is 2.45. The second-order valence-electron chi connectivity index (χ2n) is 6.13. The van der Waals surface area contributed by atoms with E-state index >= 15 is 0 Å². The fourth-order valence-corrected chi connectivity index (χ4v) is 2.45. The van der Waals surface area contributed by atoms with Crippen molar-refractivity contribution >= 4 is 0 Å². The van der Waals surface area contributed by atoms with Crippen LogP contribution in [0.5, 0.6) is 17.2 Å². The van der Waals surface area contributed by atoms with Gasteiger partial charge in [0.25, 0.3) is 0 Å². The van der Waals surface area contributed by atoms with E-state index in [0.29, 0.717) is 12.7 Å². The molecule has 4 nitrogen and oxygen atoms in total. The highest BCUT2D eigenvalue weighted by Crippen LogP contribution is 2.39. The van der Waals surface area contributed by atoms with Crippen LogP contribution in [0.15, 0.2) is 29.8 Å². The van der Waals surface area contributed by atoms with Crippen molar-refractivity contribution in [3.8, 4) is 17.2 Å². The molecular formula is C17H22O4. The Kier molecular flexibility index (Phi) is 3.81. The summed E-state index contributed by atoms with van der Waals surface area (Å²) < 4.78 is 21.9. The van der Waals surface area contributed by atoms with Crippen LogP contribution in [-0.2, 0) is 4.74 Å². The average Bonchev–Trinajstić information content (AvgIpc) is 2.86. The first kappa shape index (κ1) is 14.3. The lowest BCUT2D eigenvalue weighted by Crippen LogP contribution is -2.03.